The topological polar surface area (TPSA) is 51.8 Å². The van der Waals surface area contributed by atoms with E-state index in [2.05, 4.69) is 113 Å². The monoisotopic (exact) mass is 497 g/mol. The highest BCUT2D eigenvalue weighted by Crippen LogP contribution is 2.37. The van der Waals surface area contributed by atoms with Crippen LogP contribution in [0.3, 0.4) is 0 Å². The van der Waals surface area contributed by atoms with Gasteiger partial charge in [-0.1, -0.05) is 49.4 Å². The Bertz CT molecular complexity index is 1800. The lowest BCUT2D eigenvalue weighted by Crippen LogP contribution is -2.23. The summed E-state index contributed by atoms with van der Waals surface area (Å²) in [5.41, 5.74) is 10.4. The molecule has 0 aliphatic carbocycles. The van der Waals surface area contributed by atoms with E-state index < -0.39 is 5.41 Å². The second-order valence-electron chi connectivity index (χ2n) is 10.6. The first-order chi connectivity index (χ1) is 18.3. The van der Waals surface area contributed by atoms with Gasteiger partial charge in [0.2, 0.25) is 5.71 Å². The minimum Gasteiger partial charge on any atom is -0.437 e. The van der Waals surface area contributed by atoms with Gasteiger partial charge in [0.1, 0.15) is 5.58 Å². The van der Waals surface area contributed by atoms with E-state index in [1.54, 1.807) is 0 Å². The molecule has 0 saturated carbocycles. The van der Waals surface area contributed by atoms with Crippen molar-refractivity contribution in [3.8, 4) is 22.5 Å². The summed E-state index contributed by atoms with van der Waals surface area (Å²) >= 11 is 0. The van der Waals surface area contributed by atoms with Crippen LogP contribution in [0.15, 0.2) is 89.3 Å². The molecule has 6 aromatic rings. The quantitative estimate of drug-likeness (QED) is 0.239. The fourth-order valence-electron chi connectivity index (χ4n) is 5.12. The summed E-state index contributed by atoms with van der Waals surface area (Å²) in [4.78, 5) is 15.1. The molecule has 0 N–H and O–H groups in total. The van der Waals surface area contributed by atoms with Gasteiger partial charge in [-0.05, 0) is 87.7 Å². The third-order valence-electron chi connectivity index (χ3n) is 7.35. The number of hydrogen-bond acceptors (Lipinski definition) is 4. The lowest BCUT2D eigenvalue weighted by atomic mass is 9.83. The zero-order chi connectivity index (χ0) is 26.4. The van der Waals surface area contributed by atoms with E-state index in [-0.39, 0.29) is 0 Å². The number of aryl methyl sites for hydroxylation is 3. The van der Waals surface area contributed by atoms with E-state index in [4.69, 9.17) is 19.4 Å². The molecular formula is C34H31N3O. The summed E-state index contributed by atoms with van der Waals surface area (Å²) in [6, 6.07) is 29.4. The van der Waals surface area contributed by atoms with Crippen LogP contribution in [0.25, 0.3) is 44.6 Å². The molecule has 0 amide bonds. The minimum absolute atomic E-state index is 0.407. The smallest absolute Gasteiger partial charge is 0.227 e. The van der Waals surface area contributed by atoms with Gasteiger partial charge in [0.05, 0.1) is 22.8 Å². The number of hydrogen-bond donors (Lipinski definition) is 0. The van der Waals surface area contributed by atoms with Crippen molar-refractivity contribution in [2.45, 2.75) is 46.5 Å². The Balaban J connectivity index is 1.49. The summed E-state index contributed by atoms with van der Waals surface area (Å²) in [5, 5.41) is 2.09. The summed E-state index contributed by atoms with van der Waals surface area (Å²) in [6.07, 6.45) is 0.872. The standard InChI is InChI=1S/C34H31N3O/c1-6-24-15-16-26-25-13-10-14-27(32(25)38-33(26)35-24)29-18-22(3)20-31(37-29)34(4,5)30-19-21(2)17-28(36-30)23-11-8-7-9-12-23/h7-20H,6H2,1-5H3. The number of para-hydroxylation sites is 1. The summed E-state index contributed by atoms with van der Waals surface area (Å²) < 4.78 is 6.35. The number of pyridine rings is 3. The lowest BCUT2D eigenvalue weighted by molar-refractivity contribution is 0.595. The molecule has 0 unspecified atom stereocenters. The first-order valence-electron chi connectivity index (χ1n) is 13.2. The van der Waals surface area contributed by atoms with Gasteiger partial charge in [-0.3, -0.25) is 9.97 Å². The molecule has 4 heterocycles. The third kappa shape index (κ3) is 4.16. The maximum atomic E-state index is 6.35. The molecule has 0 atom stereocenters. The Kier molecular flexibility index (Phi) is 5.83. The minimum atomic E-state index is -0.407. The summed E-state index contributed by atoms with van der Waals surface area (Å²) in [7, 11) is 0. The van der Waals surface area contributed by atoms with E-state index in [9.17, 15) is 0 Å². The molecular weight excluding hydrogens is 466 g/mol. The van der Waals surface area contributed by atoms with Crippen LogP contribution in [0.1, 0.15) is 49.0 Å². The van der Waals surface area contributed by atoms with E-state index in [1.165, 1.54) is 5.56 Å². The fourth-order valence-corrected chi connectivity index (χ4v) is 5.12. The highest BCUT2D eigenvalue weighted by molar-refractivity contribution is 6.08. The number of furan rings is 1. The van der Waals surface area contributed by atoms with Crippen LogP contribution in [0.4, 0.5) is 0 Å². The molecule has 188 valence electrons. The maximum absolute atomic E-state index is 6.35. The van der Waals surface area contributed by atoms with Crippen LogP contribution in [0.2, 0.25) is 0 Å². The normalized spacial score (nSPS) is 11.9. The zero-order valence-corrected chi connectivity index (χ0v) is 22.5. The molecule has 4 nitrogen and oxygen atoms in total. The van der Waals surface area contributed by atoms with Gasteiger partial charge < -0.3 is 4.42 Å². The molecule has 38 heavy (non-hydrogen) atoms. The molecule has 4 heteroatoms. The molecule has 2 aromatic carbocycles. The van der Waals surface area contributed by atoms with Gasteiger partial charge in [-0.2, -0.15) is 0 Å². The van der Waals surface area contributed by atoms with Crippen LogP contribution in [0, 0.1) is 13.8 Å². The molecule has 6 rings (SSSR count). The number of benzene rings is 2. The number of nitrogens with zero attached hydrogens (tertiary/aromatic N) is 3. The van der Waals surface area contributed by atoms with E-state index >= 15 is 0 Å². The van der Waals surface area contributed by atoms with Gasteiger partial charge in [0.25, 0.3) is 0 Å². The lowest BCUT2D eigenvalue weighted by Gasteiger charge is -2.26. The van der Waals surface area contributed by atoms with Crippen molar-refractivity contribution in [1.29, 1.82) is 0 Å². The molecule has 4 aromatic heterocycles. The van der Waals surface area contributed by atoms with Crippen molar-refractivity contribution in [1.82, 2.24) is 15.0 Å². The SMILES string of the molecule is CCc1ccc2c(n1)oc1c(-c3cc(C)cc(C(C)(C)c4cc(C)cc(-c5ccccc5)n4)n3)cccc12. The number of rotatable bonds is 5. The Morgan fingerprint density at radius 1 is 0.684 bits per heavy atom. The van der Waals surface area contributed by atoms with Gasteiger partial charge in [0.15, 0.2) is 0 Å². The number of aromatic nitrogens is 3. The fraction of sp³-hybridized carbons (Fsp3) is 0.206. The molecule has 0 aliphatic heterocycles. The highest BCUT2D eigenvalue weighted by Gasteiger charge is 2.28. The Morgan fingerprint density at radius 2 is 1.37 bits per heavy atom. The van der Waals surface area contributed by atoms with E-state index in [0.29, 0.717) is 5.71 Å². The number of fused-ring (bicyclic) bond motifs is 3. The predicted octanol–water partition coefficient (Wildman–Crippen LogP) is 8.61. The van der Waals surface area contributed by atoms with E-state index in [0.717, 1.165) is 67.9 Å². The van der Waals surface area contributed by atoms with Gasteiger partial charge >= 0.3 is 0 Å². The van der Waals surface area contributed by atoms with E-state index in [1.807, 2.05) is 6.07 Å². The average molecular weight is 498 g/mol. The van der Waals surface area contributed by atoms with Crippen molar-refractivity contribution >= 4 is 22.1 Å². The summed E-state index contributed by atoms with van der Waals surface area (Å²) in [6.45, 7) is 10.8. The Labute approximate surface area is 223 Å². The Morgan fingerprint density at radius 3 is 2.08 bits per heavy atom. The predicted molar refractivity (Wildman–Crippen MR) is 155 cm³/mol. The molecule has 0 fully saturated rings. The third-order valence-corrected chi connectivity index (χ3v) is 7.35. The zero-order valence-electron chi connectivity index (χ0n) is 22.5. The molecule has 0 spiro atoms. The molecule has 0 saturated heterocycles. The van der Waals surface area contributed by atoms with Crippen LogP contribution >= 0.6 is 0 Å². The highest BCUT2D eigenvalue weighted by atomic mass is 16.3. The molecule has 0 bridgehead atoms. The average Bonchev–Trinajstić information content (AvgIpc) is 3.30. The first kappa shape index (κ1) is 24.1. The van der Waals surface area contributed by atoms with Crippen LogP contribution < -0.4 is 0 Å². The van der Waals surface area contributed by atoms with Crippen molar-refractivity contribution < 1.29 is 4.42 Å². The van der Waals surface area contributed by atoms with Crippen molar-refractivity contribution in [2.75, 3.05) is 0 Å². The molecule has 0 radical (unpaired) electrons. The van der Waals surface area contributed by atoms with Crippen LogP contribution in [0.5, 0.6) is 0 Å². The second-order valence-corrected chi connectivity index (χ2v) is 10.6. The van der Waals surface area contributed by atoms with Crippen LogP contribution in [-0.4, -0.2) is 15.0 Å². The van der Waals surface area contributed by atoms with Gasteiger partial charge in [0, 0.05) is 33.0 Å². The second kappa shape index (κ2) is 9.21. The molecule has 0 aliphatic rings. The van der Waals surface area contributed by atoms with Gasteiger partial charge in [-0.15, -0.1) is 0 Å². The van der Waals surface area contributed by atoms with Crippen molar-refractivity contribution in [3.63, 3.8) is 0 Å². The largest absolute Gasteiger partial charge is 0.437 e. The van der Waals surface area contributed by atoms with Crippen molar-refractivity contribution in [3.05, 3.63) is 113 Å². The van der Waals surface area contributed by atoms with Crippen LogP contribution in [-0.2, 0) is 11.8 Å². The maximum Gasteiger partial charge on any atom is 0.227 e. The Hall–Kier alpha value is -4.31. The van der Waals surface area contributed by atoms with Gasteiger partial charge in [-0.25, -0.2) is 4.98 Å². The first-order valence-corrected chi connectivity index (χ1v) is 13.2. The van der Waals surface area contributed by atoms with Crippen molar-refractivity contribution in [2.24, 2.45) is 0 Å². The summed E-state index contributed by atoms with van der Waals surface area (Å²) in [5.74, 6) is 0.